The van der Waals surface area contributed by atoms with Crippen molar-refractivity contribution in [3.8, 4) is 0 Å². The van der Waals surface area contributed by atoms with E-state index in [1.165, 1.54) is 12.8 Å². The second-order valence-corrected chi connectivity index (χ2v) is 6.72. The lowest BCUT2D eigenvalue weighted by atomic mass is 9.95. The molecule has 0 saturated carbocycles. The largest absolute Gasteiger partial charge is 0.356 e. The Morgan fingerprint density at radius 1 is 1.26 bits per heavy atom. The lowest BCUT2D eigenvalue weighted by Gasteiger charge is -2.32. The van der Waals surface area contributed by atoms with E-state index in [9.17, 15) is 9.59 Å². The molecular weight excluding hydrogens is 314 g/mol. The minimum Gasteiger partial charge on any atom is -0.356 e. The molecule has 0 aliphatic carbocycles. The third kappa shape index (κ3) is 6.68. The van der Waals surface area contributed by atoms with E-state index in [2.05, 4.69) is 10.6 Å². The Morgan fingerprint density at radius 3 is 2.78 bits per heavy atom. The first kappa shape index (κ1) is 20.2. The van der Waals surface area contributed by atoms with Gasteiger partial charge in [0.2, 0.25) is 11.8 Å². The number of nitrogens with zero attached hydrogens (tertiary/aromatic N) is 1. The maximum Gasteiger partial charge on any atom is 0.224 e. The van der Waals surface area contributed by atoms with E-state index in [1.807, 2.05) is 11.8 Å². The van der Waals surface area contributed by atoms with Crippen LogP contribution in [0.3, 0.4) is 0 Å². The van der Waals surface area contributed by atoms with Gasteiger partial charge in [-0.2, -0.15) is 0 Å². The highest BCUT2D eigenvalue weighted by molar-refractivity contribution is 5.85. The Hall–Kier alpha value is -0.810. The predicted molar refractivity (Wildman–Crippen MR) is 94.7 cm³/mol. The van der Waals surface area contributed by atoms with E-state index < -0.39 is 0 Å². The third-order valence-electron chi connectivity index (χ3n) is 4.86. The Bertz CT molecular complexity index is 373. The Kier molecular flexibility index (Phi) is 9.56. The standard InChI is InChI=1S/C17H31N3O2.ClH/c1-2-5-16(21)20-11-4-7-15(13-20)17(22)19-10-8-14-6-3-9-18-12-14;/h14-15,18H,2-13H2,1H3,(H,19,22);1H. The maximum absolute atomic E-state index is 12.3. The predicted octanol–water partition coefficient (Wildman–Crippen LogP) is 1.95. The van der Waals surface area contributed by atoms with Crippen LogP contribution in [0.15, 0.2) is 0 Å². The van der Waals surface area contributed by atoms with E-state index >= 15 is 0 Å². The smallest absolute Gasteiger partial charge is 0.224 e. The van der Waals surface area contributed by atoms with Gasteiger partial charge in [-0.15, -0.1) is 12.4 Å². The molecule has 2 atom stereocenters. The zero-order valence-corrected chi connectivity index (χ0v) is 15.1. The van der Waals surface area contributed by atoms with Crippen LogP contribution in [0.4, 0.5) is 0 Å². The van der Waals surface area contributed by atoms with Crippen molar-refractivity contribution >= 4 is 24.2 Å². The van der Waals surface area contributed by atoms with Gasteiger partial charge >= 0.3 is 0 Å². The summed E-state index contributed by atoms with van der Waals surface area (Å²) in [5, 5.41) is 6.50. The molecule has 0 radical (unpaired) electrons. The molecule has 2 amide bonds. The summed E-state index contributed by atoms with van der Waals surface area (Å²) in [6.45, 7) is 6.42. The third-order valence-corrected chi connectivity index (χ3v) is 4.86. The van der Waals surface area contributed by atoms with Crippen molar-refractivity contribution in [3.63, 3.8) is 0 Å². The van der Waals surface area contributed by atoms with Crippen LogP contribution in [0, 0.1) is 11.8 Å². The maximum atomic E-state index is 12.3. The molecule has 2 rings (SSSR count). The molecule has 0 bridgehead atoms. The van der Waals surface area contributed by atoms with Gasteiger partial charge in [0.15, 0.2) is 0 Å². The summed E-state index contributed by atoms with van der Waals surface area (Å²) in [6.07, 6.45) is 6.91. The number of piperidine rings is 2. The molecule has 134 valence electrons. The normalized spacial score (nSPS) is 24.7. The number of hydrogen-bond donors (Lipinski definition) is 2. The van der Waals surface area contributed by atoms with Crippen LogP contribution in [-0.2, 0) is 9.59 Å². The number of halogens is 1. The number of carbonyl (C=O) groups excluding carboxylic acids is 2. The molecule has 2 aliphatic rings. The lowest BCUT2D eigenvalue weighted by molar-refractivity contribution is -0.135. The van der Waals surface area contributed by atoms with Crippen molar-refractivity contribution in [1.29, 1.82) is 0 Å². The van der Waals surface area contributed by atoms with Crippen molar-refractivity contribution in [1.82, 2.24) is 15.5 Å². The summed E-state index contributed by atoms with van der Waals surface area (Å²) in [6, 6.07) is 0. The summed E-state index contributed by atoms with van der Waals surface area (Å²) in [5.74, 6) is 1.02. The number of hydrogen-bond acceptors (Lipinski definition) is 3. The number of rotatable bonds is 6. The molecule has 2 fully saturated rings. The fourth-order valence-corrected chi connectivity index (χ4v) is 3.50. The minimum atomic E-state index is -0.0148. The Balaban J connectivity index is 0.00000264. The molecule has 2 unspecified atom stereocenters. The lowest BCUT2D eigenvalue weighted by Crippen LogP contribution is -2.45. The Morgan fingerprint density at radius 2 is 2.09 bits per heavy atom. The molecule has 2 saturated heterocycles. The second-order valence-electron chi connectivity index (χ2n) is 6.72. The van der Waals surface area contributed by atoms with Gasteiger partial charge in [-0.1, -0.05) is 6.92 Å². The molecule has 0 aromatic rings. The topological polar surface area (TPSA) is 61.4 Å². The minimum absolute atomic E-state index is 0. The molecule has 5 nitrogen and oxygen atoms in total. The van der Waals surface area contributed by atoms with E-state index in [0.29, 0.717) is 18.9 Å². The number of likely N-dealkylation sites (tertiary alicyclic amines) is 1. The zero-order valence-electron chi connectivity index (χ0n) is 14.3. The average Bonchev–Trinajstić information content (AvgIpc) is 2.56. The van der Waals surface area contributed by atoms with Gasteiger partial charge < -0.3 is 15.5 Å². The first-order valence-corrected chi connectivity index (χ1v) is 8.97. The van der Waals surface area contributed by atoms with Crippen LogP contribution in [0.2, 0.25) is 0 Å². The molecule has 0 aromatic heterocycles. The highest BCUT2D eigenvalue weighted by Crippen LogP contribution is 2.18. The number of nitrogens with one attached hydrogen (secondary N) is 2. The van der Waals surface area contributed by atoms with Crippen molar-refractivity contribution in [2.45, 2.75) is 51.9 Å². The highest BCUT2D eigenvalue weighted by Gasteiger charge is 2.27. The first-order chi connectivity index (χ1) is 10.7. The summed E-state index contributed by atoms with van der Waals surface area (Å²) >= 11 is 0. The Labute approximate surface area is 146 Å². The summed E-state index contributed by atoms with van der Waals surface area (Å²) in [7, 11) is 0. The molecule has 2 heterocycles. The van der Waals surface area contributed by atoms with Crippen LogP contribution in [0.25, 0.3) is 0 Å². The van der Waals surface area contributed by atoms with Crippen LogP contribution < -0.4 is 10.6 Å². The molecule has 0 spiro atoms. The summed E-state index contributed by atoms with van der Waals surface area (Å²) in [5.41, 5.74) is 0. The van der Waals surface area contributed by atoms with Gasteiger partial charge in [-0.3, -0.25) is 9.59 Å². The van der Waals surface area contributed by atoms with Gasteiger partial charge in [0.25, 0.3) is 0 Å². The van der Waals surface area contributed by atoms with Crippen molar-refractivity contribution in [2.75, 3.05) is 32.7 Å². The summed E-state index contributed by atoms with van der Waals surface area (Å²) < 4.78 is 0. The van der Waals surface area contributed by atoms with Gasteiger partial charge in [-0.05, 0) is 57.5 Å². The van der Waals surface area contributed by atoms with Crippen molar-refractivity contribution < 1.29 is 9.59 Å². The van der Waals surface area contributed by atoms with Gasteiger partial charge in [0, 0.05) is 26.1 Å². The quantitative estimate of drug-likeness (QED) is 0.773. The van der Waals surface area contributed by atoms with E-state index in [0.717, 1.165) is 51.9 Å². The number of amides is 2. The molecular formula is C17H32ClN3O2. The van der Waals surface area contributed by atoms with Gasteiger partial charge in [0.05, 0.1) is 5.92 Å². The van der Waals surface area contributed by atoms with Crippen LogP contribution in [0.1, 0.15) is 51.9 Å². The fraction of sp³-hybridized carbons (Fsp3) is 0.882. The fourth-order valence-electron chi connectivity index (χ4n) is 3.50. The average molecular weight is 346 g/mol. The molecule has 23 heavy (non-hydrogen) atoms. The van der Waals surface area contributed by atoms with E-state index in [4.69, 9.17) is 0 Å². The number of carbonyl (C=O) groups is 2. The molecule has 2 N–H and O–H groups in total. The van der Waals surface area contributed by atoms with Crippen molar-refractivity contribution in [2.24, 2.45) is 11.8 Å². The zero-order chi connectivity index (χ0) is 15.8. The summed E-state index contributed by atoms with van der Waals surface area (Å²) in [4.78, 5) is 26.2. The monoisotopic (exact) mass is 345 g/mol. The highest BCUT2D eigenvalue weighted by atomic mass is 35.5. The van der Waals surface area contributed by atoms with Crippen LogP contribution in [-0.4, -0.2) is 49.4 Å². The molecule has 2 aliphatic heterocycles. The van der Waals surface area contributed by atoms with Crippen molar-refractivity contribution in [3.05, 3.63) is 0 Å². The van der Waals surface area contributed by atoms with Gasteiger partial charge in [0.1, 0.15) is 0 Å². The molecule has 6 heteroatoms. The van der Waals surface area contributed by atoms with Crippen LogP contribution in [0.5, 0.6) is 0 Å². The van der Waals surface area contributed by atoms with E-state index in [-0.39, 0.29) is 30.1 Å². The second kappa shape index (κ2) is 10.9. The van der Waals surface area contributed by atoms with E-state index in [1.54, 1.807) is 0 Å². The van der Waals surface area contributed by atoms with Crippen LogP contribution >= 0.6 is 12.4 Å². The first-order valence-electron chi connectivity index (χ1n) is 8.97. The van der Waals surface area contributed by atoms with Gasteiger partial charge in [-0.25, -0.2) is 0 Å². The SMILES string of the molecule is CCCC(=O)N1CCCC(C(=O)NCCC2CCCNC2)C1.Cl. The molecule has 0 aromatic carbocycles.